The Bertz CT molecular complexity index is 648. The highest BCUT2D eigenvalue weighted by Crippen LogP contribution is 2.30. The molecule has 0 radical (unpaired) electrons. The normalized spacial score (nSPS) is 11.6. The molecular formula is C15H20N4O. The molecule has 0 fully saturated rings. The molecule has 1 amide bonds. The second-order valence-electron chi connectivity index (χ2n) is 5.92. The van der Waals surface area contributed by atoms with Crippen LogP contribution in [0.15, 0.2) is 24.3 Å². The maximum Gasteiger partial charge on any atom is 0.254 e. The fourth-order valence-corrected chi connectivity index (χ4v) is 2.10. The van der Waals surface area contributed by atoms with E-state index in [1.54, 1.807) is 4.68 Å². The molecule has 0 spiro atoms. The van der Waals surface area contributed by atoms with Crippen molar-refractivity contribution in [2.75, 3.05) is 5.73 Å². The second-order valence-corrected chi connectivity index (χ2v) is 5.92. The number of benzene rings is 1. The Labute approximate surface area is 118 Å². The summed E-state index contributed by atoms with van der Waals surface area (Å²) < 4.78 is 1.64. The molecule has 0 unspecified atom stereocenters. The monoisotopic (exact) mass is 272 g/mol. The largest absolute Gasteiger partial charge is 0.383 e. The summed E-state index contributed by atoms with van der Waals surface area (Å²) in [6.07, 6.45) is 0. The molecule has 5 heteroatoms. The molecule has 0 aliphatic heterocycles. The highest BCUT2D eigenvalue weighted by molar-refractivity contribution is 6.03. The van der Waals surface area contributed by atoms with Crippen LogP contribution in [0, 0.1) is 6.92 Å². The minimum Gasteiger partial charge on any atom is -0.383 e. The van der Waals surface area contributed by atoms with Gasteiger partial charge in [0.1, 0.15) is 17.1 Å². The molecule has 1 aromatic heterocycles. The van der Waals surface area contributed by atoms with E-state index in [-0.39, 0.29) is 11.1 Å². The average molecular weight is 272 g/mol. The summed E-state index contributed by atoms with van der Waals surface area (Å²) in [4.78, 5) is 11.7. The first kappa shape index (κ1) is 14.1. The Kier molecular flexibility index (Phi) is 3.29. The van der Waals surface area contributed by atoms with E-state index in [9.17, 15) is 4.79 Å². The van der Waals surface area contributed by atoms with Crippen molar-refractivity contribution in [1.29, 1.82) is 0 Å². The number of primary amides is 1. The molecule has 1 heterocycles. The van der Waals surface area contributed by atoms with Crippen LogP contribution in [-0.2, 0) is 5.54 Å². The fourth-order valence-electron chi connectivity index (χ4n) is 2.10. The van der Waals surface area contributed by atoms with Crippen LogP contribution in [0.4, 0.5) is 5.82 Å². The lowest BCUT2D eigenvalue weighted by Gasteiger charge is -2.20. The number of carbonyl (C=O) groups excluding carboxylic acids is 1. The summed E-state index contributed by atoms with van der Waals surface area (Å²) in [7, 11) is 0. The van der Waals surface area contributed by atoms with Crippen LogP contribution in [0.2, 0.25) is 0 Å². The molecule has 5 nitrogen and oxygen atoms in total. The second kappa shape index (κ2) is 4.67. The standard InChI is InChI=1S/C15H20N4O/c1-9-5-7-10(8-6-9)12-11(14(17)20)13(16)19(18-12)15(2,3)4/h5-8H,16H2,1-4H3,(H2,17,20). The van der Waals surface area contributed by atoms with Crippen molar-refractivity contribution in [3.8, 4) is 11.3 Å². The minimum absolute atomic E-state index is 0.281. The number of rotatable bonds is 2. The SMILES string of the molecule is Cc1ccc(-c2nn(C(C)(C)C)c(N)c2C(N)=O)cc1. The van der Waals surface area contributed by atoms with E-state index in [1.807, 2.05) is 52.0 Å². The van der Waals surface area contributed by atoms with Crippen molar-refractivity contribution in [2.24, 2.45) is 5.73 Å². The van der Waals surface area contributed by atoms with Crippen LogP contribution < -0.4 is 11.5 Å². The Balaban J connectivity index is 2.69. The molecular weight excluding hydrogens is 252 g/mol. The van der Waals surface area contributed by atoms with Gasteiger partial charge >= 0.3 is 0 Å². The number of carbonyl (C=O) groups is 1. The van der Waals surface area contributed by atoms with E-state index >= 15 is 0 Å². The molecule has 4 N–H and O–H groups in total. The average Bonchev–Trinajstić information content (AvgIpc) is 2.67. The molecule has 20 heavy (non-hydrogen) atoms. The third-order valence-corrected chi connectivity index (χ3v) is 3.13. The fraction of sp³-hybridized carbons (Fsp3) is 0.333. The van der Waals surface area contributed by atoms with Gasteiger partial charge in [-0.1, -0.05) is 29.8 Å². The van der Waals surface area contributed by atoms with Gasteiger partial charge in [-0.05, 0) is 27.7 Å². The van der Waals surface area contributed by atoms with Gasteiger partial charge in [-0.15, -0.1) is 0 Å². The quantitative estimate of drug-likeness (QED) is 0.879. The van der Waals surface area contributed by atoms with Gasteiger partial charge in [-0.3, -0.25) is 4.79 Å². The first-order valence-corrected chi connectivity index (χ1v) is 6.47. The molecule has 0 saturated heterocycles. The van der Waals surface area contributed by atoms with Crippen LogP contribution in [0.1, 0.15) is 36.7 Å². The van der Waals surface area contributed by atoms with Crippen LogP contribution >= 0.6 is 0 Å². The minimum atomic E-state index is -0.562. The predicted molar refractivity (Wildman–Crippen MR) is 80.3 cm³/mol. The van der Waals surface area contributed by atoms with Crippen molar-refractivity contribution in [3.63, 3.8) is 0 Å². The van der Waals surface area contributed by atoms with Crippen molar-refractivity contribution >= 4 is 11.7 Å². The molecule has 1 aromatic carbocycles. The van der Waals surface area contributed by atoms with E-state index in [1.165, 1.54) is 0 Å². The summed E-state index contributed by atoms with van der Waals surface area (Å²) >= 11 is 0. The van der Waals surface area contributed by atoms with E-state index < -0.39 is 5.91 Å². The first-order chi connectivity index (χ1) is 9.21. The summed E-state index contributed by atoms with van der Waals surface area (Å²) in [5, 5.41) is 4.49. The Hall–Kier alpha value is -2.30. The van der Waals surface area contributed by atoms with Crippen molar-refractivity contribution < 1.29 is 4.79 Å². The van der Waals surface area contributed by atoms with Gasteiger partial charge in [0.2, 0.25) is 0 Å². The zero-order valence-electron chi connectivity index (χ0n) is 12.3. The summed E-state index contributed by atoms with van der Waals surface area (Å²) in [5.41, 5.74) is 14.0. The topological polar surface area (TPSA) is 86.9 Å². The first-order valence-electron chi connectivity index (χ1n) is 6.47. The molecule has 2 rings (SSSR count). The molecule has 0 aliphatic carbocycles. The van der Waals surface area contributed by atoms with E-state index in [0.717, 1.165) is 11.1 Å². The summed E-state index contributed by atoms with van der Waals surface area (Å²) in [5.74, 6) is -0.255. The Morgan fingerprint density at radius 2 is 1.75 bits per heavy atom. The predicted octanol–water partition coefficient (Wildman–Crippen LogP) is 2.29. The van der Waals surface area contributed by atoms with Gasteiger partial charge < -0.3 is 11.5 Å². The van der Waals surface area contributed by atoms with Crippen LogP contribution in [0.3, 0.4) is 0 Å². The zero-order chi connectivity index (χ0) is 15.1. The van der Waals surface area contributed by atoms with Gasteiger partial charge in [0, 0.05) is 5.56 Å². The number of anilines is 1. The lowest BCUT2D eigenvalue weighted by atomic mass is 10.1. The van der Waals surface area contributed by atoms with E-state index in [0.29, 0.717) is 11.5 Å². The number of hydrogen-bond donors (Lipinski definition) is 2. The van der Waals surface area contributed by atoms with Crippen molar-refractivity contribution in [3.05, 3.63) is 35.4 Å². The smallest absolute Gasteiger partial charge is 0.254 e. The van der Waals surface area contributed by atoms with E-state index in [2.05, 4.69) is 5.10 Å². The van der Waals surface area contributed by atoms with Gasteiger partial charge in [-0.25, -0.2) is 4.68 Å². The van der Waals surface area contributed by atoms with Crippen LogP contribution in [0.5, 0.6) is 0 Å². The molecule has 0 aliphatic rings. The summed E-state index contributed by atoms with van der Waals surface area (Å²) in [6.45, 7) is 7.92. The van der Waals surface area contributed by atoms with Gasteiger partial charge in [-0.2, -0.15) is 5.10 Å². The number of nitrogens with two attached hydrogens (primary N) is 2. The van der Waals surface area contributed by atoms with Gasteiger partial charge in [0.05, 0.1) is 5.54 Å². The molecule has 0 atom stereocenters. The molecule has 106 valence electrons. The van der Waals surface area contributed by atoms with E-state index in [4.69, 9.17) is 11.5 Å². The lowest BCUT2D eigenvalue weighted by molar-refractivity contribution is 0.100. The van der Waals surface area contributed by atoms with Crippen molar-refractivity contribution in [1.82, 2.24) is 9.78 Å². The number of hydrogen-bond acceptors (Lipinski definition) is 3. The molecule has 0 bridgehead atoms. The number of nitrogen functional groups attached to an aromatic ring is 1. The van der Waals surface area contributed by atoms with Crippen molar-refractivity contribution in [2.45, 2.75) is 33.2 Å². The van der Waals surface area contributed by atoms with Crippen LogP contribution in [-0.4, -0.2) is 15.7 Å². The number of aromatic nitrogens is 2. The highest BCUT2D eigenvalue weighted by atomic mass is 16.1. The van der Waals surface area contributed by atoms with Crippen LogP contribution in [0.25, 0.3) is 11.3 Å². The highest BCUT2D eigenvalue weighted by Gasteiger charge is 2.26. The maximum absolute atomic E-state index is 11.7. The number of aryl methyl sites for hydroxylation is 1. The number of amides is 1. The third kappa shape index (κ3) is 2.39. The Morgan fingerprint density at radius 3 is 2.20 bits per heavy atom. The number of nitrogens with zero attached hydrogens (tertiary/aromatic N) is 2. The third-order valence-electron chi connectivity index (χ3n) is 3.13. The zero-order valence-corrected chi connectivity index (χ0v) is 12.3. The maximum atomic E-state index is 11.7. The Morgan fingerprint density at radius 1 is 1.20 bits per heavy atom. The lowest BCUT2D eigenvalue weighted by Crippen LogP contribution is -2.25. The molecule has 0 saturated carbocycles. The summed E-state index contributed by atoms with van der Waals surface area (Å²) in [6, 6.07) is 7.76. The molecule has 2 aromatic rings. The van der Waals surface area contributed by atoms with Gasteiger partial charge in [0.15, 0.2) is 0 Å². The van der Waals surface area contributed by atoms with Gasteiger partial charge in [0.25, 0.3) is 5.91 Å².